The van der Waals surface area contributed by atoms with Crippen LogP contribution in [0.2, 0.25) is 0 Å². The first kappa shape index (κ1) is 12.2. The van der Waals surface area contributed by atoms with Gasteiger partial charge in [0.2, 0.25) is 0 Å². The molecule has 3 heteroatoms. The van der Waals surface area contributed by atoms with Crippen molar-refractivity contribution >= 4 is 6.21 Å². The van der Waals surface area contributed by atoms with Gasteiger partial charge in [-0.1, -0.05) is 47.1 Å². The predicted octanol–water partition coefficient (Wildman–Crippen LogP) is 3.38. The fourth-order valence-electron chi connectivity index (χ4n) is 1.63. The molecule has 0 fully saturated rings. The van der Waals surface area contributed by atoms with Crippen molar-refractivity contribution in [3.05, 3.63) is 65.2 Å². The number of ether oxygens (including phenoxy) is 1. The topological polar surface area (TPSA) is 41.8 Å². The lowest BCUT2D eigenvalue weighted by Gasteiger charge is -2.08. The summed E-state index contributed by atoms with van der Waals surface area (Å²) in [6, 6.07) is 15.6. The van der Waals surface area contributed by atoms with Crippen LogP contribution >= 0.6 is 0 Å². The molecule has 2 aromatic rings. The van der Waals surface area contributed by atoms with Gasteiger partial charge in [0.25, 0.3) is 0 Å². The van der Waals surface area contributed by atoms with E-state index in [2.05, 4.69) is 24.2 Å². The molecule has 0 aliphatic heterocycles. The first-order valence-corrected chi connectivity index (χ1v) is 5.74. The van der Waals surface area contributed by atoms with Crippen molar-refractivity contribution in [2.24, 2.45) is 5.16 Å². The third-order valence-electron chi connectivity index (χ3n) is 2.63. The summed E-state index contributed by atoms with van der Waals surface area (Å²) < 4.78 is 5.71. The summed E-state index contributed by atoms with van der Waals surface area (Å²) in [6.45, 7) is 2.55. The van der Waals surface area contributed by atoms with Crippen molar-refractivity contribution in [2.75, 3.05) is 0 Å². The van der Waals surface area contributed by atoms with Gasteiger partial charge in [-0.25, -0.2) is 0 Å². The summed E-state index contributed by atoms with van der Waals surface area (Å²) in [5.74, 6) is 0.705. The van der Waals surface area contributed by atoms with Crippen molar-refractivity contribution in [1.29, 1.82) is 0 Å². The Morgan fingerprint density at radius 1 is 1.11 bits per heavy atom. The van der Waals surface area contributed by atoms with E-state index in [-0.39, 0.29) is 0 Å². The molecule has 0 aliphatic carbocycles. The lowest BCUT2D eigenvalue weighted by atomic mass is 10.1. The number of nitrogens with zero attached hydrogens (tertiary/aromatic N) is 1. The normalized spacial score (nSPS) is 10.7. The highest BCUT2D eigenvalue weighted by molar-refractivity contribution is 5.82. The van der Waals surface area contributed by atoms with Crippen LogP contribution < -0.4 is 4.74 Å². The molecule has 0 aliphatic rings. The molecule has 2 aromatic carbocycles. The number of para-hydroxylation sites is 1. The molecule has 0 radical (unpaired) electrons. The van der Waals surface area contributed by atoms with E-state index in [0.29, 0.717) is 12.4 Å². The van der Waals surface area contributed by atoms with Crippen LogP contribution in [0.4, 0.5) is 0 Å². The zero-order valence-electron chi connectivity index (χ0n) is 10.2. The molecule has 0 heterocycles. The quantitative estimate of drug-likeness (QED) is 0.506. The second-order valence-electron chi connectivity index (χ2n) is 4.06. The Labute approximate surface area is 106 Å². The summed E-state index contributed by atoms with van der Waals surface area (Å²) in [5, 5.41) is 11.6. The van der Waals surface area contributed by atoms with Crippen LogP contribution in [-0.2, 0) is 6.61 Å². The zero-order valence-corrected chi connectivity index (χ0v) is 10.2. The summed E-state index contributed by atoms with van der Waals surface area (Å²) in [6.07, 6.45) is 1.37. The van der Waals surface area contributed by atoms with Gasteiger partial charge < -0.3 is 9.94 Å². The molecule has 1 N–H and O–H groups in total. The number of aryl methyl sites for hydroxylation is 1. The van der Waals surface area contributed by atoms with Gasteiger partial charge >= 0.3 is 0 Å². The number of rotatable bonds is 4. The smallest absolute Gasteiger partial charge is 0.128 e. The number of oxime groups is 1. The second-order valence-corrected chi connectivity index (χ2v) is 4.06. The van der Waals surface area contributed by atoms with Crippen LogP contribution in [0.15, 0.2) is 53.7 Å². The number of hydrogen-bond acceptors (Lipinski definition) is 3. The SMILES string of the molecule is Cc1ccc(COc2ccccc2/C=N/O)cc1. The number of hydrogen-bond donors (Lipinski definition) is 1. The Kier molecular flexibility index (Phi) is 3.97. The molecular weight excluding hydrogens is 226 g/mol. The van der Waals surface area contributed by atoms with Crippen LogP contribution in [0.25, 0.3) is 0 Å². The minimum absolute atomic E-state index is 0.497. The molecule has 0 amide bonds. The summed E-state index contributed by atoms with van der Waals surface area (Å²) >= 11 is 0. The van der Waals surface area contributed by atoms with E-state index in [4.69, 9.17) is 9.94 Å². The van der Waals surface area contributed by atoms with Gasteiger partial charge in [0.1, 0.15) is 12.4 Å². The van der Waals surface area contributed by atoms with Crippen LogP contribution in [0.3, 0.4) is 0 Å². The largest absolute Gasteiger partial charge is 0.488 e. The van der Waals surface area contributed by atoms with Crippen molar-refractivity contribution in [3.8, 4) is 5.75 Å². The highest BCUT2D eigenvalue weighted by Gasteiger charge is 2.01. The van der Waals surface area contributed by atoms with Crippen molar-refractivity contribution in [1.82, 2.24) is 0 Å². The van der Waals surface area contributed by atoms with E-state index in [1.807, 2.05) is 36.4 Å². The molecular formula is C15H15NO2. The van der Waals surface area contributed by atoms with Crippen LogP contribution in [0.5, 0.6) is 5.75 Å². The van der Waals surface area contributed by atoms with Gasteiger partial charge in [-0.2, -0.15) is 0 Å². The van der Waals surface area contributed by atoms with Crippen LogP contribution in [0, 0.1) is 6.92 Å². The predicted molar refractivity (Wildman–Crippen MR) is 71.3 cm³/mol. The molecule has 0 saturated carbocycles. The van der Waals surface area contributed by atoms with E-state index in [9.17, 15) is 0 Å². The van der Waals surface area contributed by atoms with E-state index in [1.54, 1.807) is 0 Å². The molecule has 0 bridgehead atoms. The average molecular weight is 241 g/mol. The third-order valence-corrected chi connectivity index (χ3v) is 2.63. The van der Waals surface area contributed by atoms with E-state index in [0.717, 1.165) is 11.1 Å². The van der Waals surface area contributed by atoms with Crippen molar-refractivity contribution < 1.29 is 9.94 Å². The molecule has 0 spiro atoms. The standard InChI is InChI=1S/C15H15NO2/c1-12-6-8-13(9-7-12)11-18-15-5-3-2-4-14(15)10-16-17/h2-10,17H,11H2,1H3/b16-10+. The lowest BCUT2D eigenvalue weighted by molar-refractivity contribution is 0.304. The molecule has 2 rings (SSSR count). The molecule has 18 heavy (non-hydrogen) atoms. The number of benzene rings is 2. The summed E-state index contributed by atoms with van der Waals surface area (Å²) in [5.41, 5.74) is 3.09. The summed E-state index contributed by atoms with van der Waals surface area (Å²) in [7, 11) is 0. The Balaban J connectivity index is 2.08. The van der Waals surface area contributed by atoms with E-state index < -0.39 is 0 Å². The van der Waals surface area contributed by atoms with Crippen LogP contribution in [-0.4, -0.2) is 11.4 Å². The molecule has 0 atom stereocenters. The molecule has 0 aromatic heterocycles. The van der Waals surface area contributed by atoms with Crippen molar-refractivity contribution in [3.63, 3.8) is 0 Å². The zero-order chi connectivity index (χ0) is 12.8. The monoisotopic (exact) mass is 241 g/mol. The van der Waals surface area contributed by atoms with Crippen molar-refractivity contribution in [2.45, 2.75) is 13.5 Å². The van der Waals surface area contributed by atoms with E-state index in [1.165, 1.54) is 11.8 Å². The maximum atomic E-state index is 8.57. The first-order chi connectivity index (χ1) is 8.79. The Hall–Kier alpha value is -2.29. The minimum atomic E-state index is 0.497. The fourth-order valence-corrected chi connectivity index (χ4v) is 1.63. The van der Waals surface area contributed by atoms with Gasteiger partial charge in [-0.15, -0.1) is 0 Å². The minimum Gasteiger partial charge on any atom is -0.488 e. The Morgan fingerprint density at radius 2 is 1.83 bits per heavy atom. The molecule has 0 unspecified atom stereocenters. The Morgan fingerprint density at radius 3 is 2.56 bits per heavy atom. The Bertz CT molecular complexity index is 532. The maximum Gasteiger partial charge on any atom is 0.128 e. The van der Waals surface area contributed by atoms with Gasteiger partial charge in [0, 0.05) is 5.56 Å². The summed E-state index contributed by atoms with van der Waals surface area (Å²) in [4.78, 5) is 0. The molecule has 0 saturated heterocycles. The van der Waals surface area contributed by atoms with Gasteiger partial charge in [-0.05, 0) is 24.6 Å². The second kappa shape index (κ2) is 5.87. The average Bonchev–Trinajstić information content (AvgIpc) is 2.40. The third kappa shape index (κ3) is 3.10. The first-order valence-electron chi connectivity index (χ1n) is 5.74. The highest BCUT2D eigenvalue weighted by atomic mass is 16.5. The van der Waals surface area contributed by atoms with Gasteiger partial charge in [-0.3, -0.25) is 0 Å². The van der Waals surface area contributed by atoms with Gasteiger partial charge in [0.05, 0.1) is 6.21 Å². The maximum absolute atomic E-state index is 8.57. The van der Waals surface area contributed by atoms with E-state index >= 15 is 0 Å². The molecule has 92 valence electrons. The molecule has 3 nitrogen and oxygen atoms in total. The van der Waals surface area contributed by atoms with Gasteiger partial charge in [0.15, 0.2) is 0 Å². The van der Waals surface area contributed by atoms with Crippen LogP contribution in [0.1, 0.15) is 16.7 Å². The fraction of sp³-hybridized carbons (Fsp3) is 0.133. The highest BCUT2D eigenvalue weighted by Crippen LogP contribution is 2.17. The lowest BCUT2D eigenvalue weighted by Crippen LogP contribution is -1.98.